The van der Waals surface area contributed by atoms with E-state index in [0.29, 0.717) is 16.7 Å². The maximum atomic E-state index is 11.4. The van der Waals surface area contributed by atoms with Gasteiger partial charge in [0.25, 0.3) is 0 Å². The molecule has 0 radical (unpaired) electrons. The summed E-state index contributed by atoms with van der Waals surface area (Å²) < 4.78 is 4.66. The molecule has 2 rings (SSSR count). The maximum absolute atomic E-state index is 11.4. The van der Waals surface area contributed by atoms with Crippen molar-refractivity contribution in [3.05, 3.63) is 10.0 Å². The first kappa shape index (κ1) is 12.6. The van der Waals surface area contributed by atoms with Crippen molar-refractivity contribution in [3.8, 4) is 0 Å². The minimum absolute atomic E-state index is 0.240. The van der Waals surface area contributed by atoms with E-state index in [0.717, 1.165) is 18.2 Å². The fourth-order valence-corrected chi connectivity index (χ4v) is 3.15. The molecule has 0 spiro atoms. The van der Waals surface area contributed by atoms with E-state index in [4.69, 9.17) is 11.6 Å². The average molecular weight is 275 g/mol. The predicted octanol–water partition coefficient (Wildman–Crippen LogP) is 2.68. The van der Waals surface area contributed by atoms with Gasteiger partial charge in [-0.05, 0) is 11.8 Å². The van der Waals surface area contributed by atoms with Gasteiger partial charge < -0.3 is 9.64 Å². The molecule has 2 heterocycles. The first-order valence-electron chi connectivity index (χ1n) is 5.52. The third-order valence-electron chi connectivity index (χ3n) is 3.20. The van der Waals surface area contributed by atoms with E-state index in [1.54, 1.807) is 0 Å². The SMILES string of the molecule is COC(=O)c1sc(N2CC(C)C(C)C2)nc1Cl. The summed E-state index contributed by atoms with van der Waals surface area (Å²) in [5.74, 6) is 0.859. The van der Waals surface area contributed by atoms with Crippen LogP contribution in [0.15, 0.2) is 0 Å². The summed E-state index contributed by atoms with van der Waals surface area (Å²) in [6, 6.07) is 0. The van der Waals surface area contributed by atoms with Crippen LogP contribution in [0.1, 0.15) is 23.5 Å². The van der Waals surface area contributed by atoms with Gasteiger partial charge in [-0.25, -0.2) is 9.78 Å². The second kappa shape index (κ2) is 4.82. The molecule has 0 bridgehead atoms. The van der Waals surface area contributed by atoms with E-state index in [9.17, 15) is 4.79 Å². The number of esters is 1. The largest absolute Gasteiger partial charge is 0.465 e. The molecule has 1 fully saturated rings. The number of halogens is 1. The number of rotatable bonds is 2. The highest BCUT2D eigenvalue weighted by Crippen LogP contribution is 2.34. The fourth-order valence-electron chi connectivity index (χ4n) is 1.93. The zero-order valence-electron chi connectivity index (χ0n) is 10.1. The molecule has 0 amide bonds. The van der Waals surface area contributed by atoms with E-state index in [1.165, 1.54) is 18.4 Å². The molecule has 2 atom stereocenters. The van der Waals surface area contributed by atoms with Crippen LogP contribution < -0.4 is 4.90 Å². The van der Waals surface area contributed by atoms with Crippen LogP contribution in [-0.2, 0) is 4.74 Å². The second-order valence-corrected chi connectivity index (χ2v) is 5.80. The van der Waals surface area contributed by atoms with Crippen LogP contribution in [0.3, 0.4) is 0 Å². The van der Waals surface area contributed by atoms with Crippen LogP contribution in [-0.4, -0.2) is 31.2 Å². The quantitative estimate of drug-likeness (QED) is 0.778. The average Bonchev–Trinajstić information content (AvgIpc) is 2.82. The van der Waals surface area contributed by atoms with Gasteiger partial charge in [-0.15, -0.1) is 0 Å². The zero-order valence-corrected chi connectivity index (χ0v) is 11.6. The Kier molecular flexibility index (Phi) is 3.58. The monoisotopic (exact) mass is 274 g/mol. The van der Waals surface area contributed by atoms with E-state index in [-0.39, 0.29) is 5.15 Å². The second-order valence-electron chi connectivity index (χ2n) is 4.47. The molecule has 1 aromatic heterocycles. The Bertz CT molecular complexity index is 425. The highest BCUT2D eigenvalue weighted by atomic mass is 35.5. The Morgan fingerprint density at radius 2 is 2.06 bits per heavy atom. The number of carbonyl (C=O) groups is 1. The third kappa shape index (κ3) is 2.40. The van der Waals surface area contributed by atoms with Crippen LogP contribution in [0, 0.1) is 11.8 Å². The normalized spacial score (nSPS) is 24.1. The first-order valence-corrected chi connectivity index (χ1v) is 6.72. The lowest BCUT2D eigenvalue weighted by Crippen LogP contribution is -2.19. The molecule has 1 aromatic rings. The smallest absolute Gasteiger partial charge is 0.351 e. The van der Waals surface area contributed by atoms with Gasteiger partial charge in [0.2, 0.25) is 0 Å². The number of aromatic nitrogens is 1. The predicted molar refractivity (Wildman–Crippen MR) is 69.0 cm³/mol. The van der Waals surface area contributed by atoms with Crippen molar-refractivity contribution in [2.75, 3.05) is 25.1 Å². The van der Waals surface area contributed by atoms with Crippen molar-refractivity contribution in [1.29, 1.82) is 0 Å². The molecule has 2 unspecified atom stereocenters. The minimum Gasteiger partial charge on any atom is -0.465 e. The molecule has 1 saturated heterocycles. The number of ether oxygens (including phenoxy) is 1. The summed E-state index contributed by atoms with van der Waals surface area (Å²) in [4.78, 5) is 18.2. The Balaban J connectivity index is 2.21. The zero-order chi connectivity index (χ0) is 12.6. The molecule has 1 aliphatic rings. The summed E-state index contributed by atoms with van der Waals surface area (Å²) in [6.07, 6.45) is 0. The van der Waals surface area contributed by atoms with Crippen molar-refractivity contribution in [2.24, 2.45) is 11.8 Å². The minimum atomic E-state index is -0.418. The first-order chi connectivity index (χ1) is 8.02. The van der Waals surface area contributed by atoms with Crippen LogP contribution in [0.2, 0.25) is 5.15 Å². The standard InChI is InChI=1S/C11H15ClN2O2S/c1-6-4-14(5-7(6)2)11-13-9(12)8(17-11)10(15)16-3/h6-7H,4-5H2,1-3H3. The molecule has 0 N–H and O–H groups in total. The maximum Gasteiger partial charge on any atom is 0.351 e. The number of thiazole rings is 1. The molecule has 0 aromatic carbocycles. The number of methoxy groups -OCH3 is 1. The van der Waals surface area contributed by atoms with Gasteiger partial charge in [0, 0.05) is 13.1 Å². The Morgan fingerprint density at radius 1 is 1.47 bits per heavy atom. The fraction of sp³-hybridized carbons (Fsp3) is 0.636. The number of hydrogen-bond acceptors (Lipinski definition) is 5. The molecular weight excluding hydrogens is 260 g/mol. The Labute approximate surface area is 110 Å². The van der Waals surface area contributed by atoms with Crippen molar-refractivity contribution < 1.29 is 9.53 Å². The topological polar surface area (TPSA) is 42.4 Å². The van der Waals surface area contributed by atoms with E-state index < -0.39 is 5.97 Å². The highest BCUT2D eigenvalue weighted by Gasteiger charge is 2.29. The third-order valence-corrected chi connectivity index (χ3v) is 4.69. The summed E-state index contributed by atoms with van der Waals surface area (Å²) in [6.45, 7) is 6.37. The summed E-state index contributed by atoms with van der Waals surface area (Å²) >= 11 is 7.24. The molecule has 6 heteroatoms. The molecule has 17 heavy (non-hydrogen) atoms. The van der Waals surface area contributed by atoms with Crippen molar-refractivity contribution in [1.82, 2.24) is 4.98 Å². The van der Waals surface area contributed by atoms with Crippen LogP contribution in [0.5, 0.6) is 0 Å². The van der Waals surface area contributed by atoms with Crippen LogP contribution in [0.25, 0.3) is 0 Å². The number of hydrogen-bond donors (Lipinski definition) is 0. The van der Waals surface area contributed by atoms with Crippen molar-refractivity contribution >= 4 is 34.0 Å². The van der Waals surface area contributed by atoms with Gasteiger partial charge in [0.15, 0.2) is 15.2 Å². The van der Waals surface area contributed by atoms with Gasteiger partial charge in [0.1, 0.15) is 0 Å². The van der Waals surface area contributed by atoms with E-state index in [1.807, 2.05) is 0 Å². The van der Waals surface area contributed by atoms with Gasteiger partial charge in [-0.2, -0.15) is 0 Å². The Morgan fingerprint density at radius 3 is 2.59 bits per heavy atom. The summed E-state index contributed by atoms with van der Waals surface area (Å²) in [5.41, 5.74) is 0. The van der Waals surface area contributed by atoms with Crippen LogP contribution in [0.4, 0.5) is 5.13 Å². The summed E-state index contributed by atoms with van der Waals surface area (Å²) in [7, 11) is 1.35. The molecule has 1 aliphatic heterocycles. The molecule has 0 aliphatic carbocycles. The summed E-state index contributed by atoms with van der Waals surface area (Å²) in [5, 5.41) is 1.05. The molecule has 94 valence electrons. The van der Waals surface area contributed by atoms with Crippen molar-refractivity contribution in [2.45, 2.75) is 13.8 Å². The molecule has 4 nitrogen and oxygen atoms in total. The van der Waals surface area contributed by atoms with Gasteiger partial charge in [0.05, 0.1) is 7.11 Å². The lowest BCUT2D eigenvalue weighted by molar-refractivity contribution is 0.0606. The van der Waals surface area contributed by atoms with Crippen LogP contribution >= 0.6 is 22.9 Å². The number of carbonyl (C=O) groups excluding carboxylic acids is 1. The van der Waals surface area contributed by atoms with Gasteiger partial charge >= 0.3 is 5.97 Å². The van der Waals surface area contributed by atoms with E-state index >= 15 is 0 Å². The van der Waals surface area contributed by atoms with Gasteiger partial charge in [-0.3, -0.25) is 0 Å². The van der Waals surface area contributed by atoms with Crippen molar-refractivity contribution in [3.63, 3.8) is 0 Å². The molecule has 0 saturated carbocycles. The van der Waals surface area contributed by atoms with E-state index in [2.05, 4.69) is 28.5 Å². The van der Waals surface area contributed by atoms with Gasteiger partial charge in [-0.1, -0.05) is 36.8 Å². The lowest BCUT2D eigenvalue weighted by Gasteiger charge is -2.13. The molecular formula is C11H15ClN2O2S. The number of nitrogens with zero attached hydrogens (tertiary/aromatic N) is 2. The highest BCUT2D eigenvalue weighted by molar-refractivity contribution is 7.18. The lowest BCUT2D eigenvalue weighted by atomic mass is 10.0. The number of anilines is 1. The Hall–Kier alpha value is -0.810.